The molecule has 0 aliphatic carbocycles. The molecular weight excluding hydrogens is 202 g/mol. The minimum atomic E-state index is 0.403. The summed E-state index contributed by atoms with van der Waals surface area (Å²) >= 11 is 0. The first-order chi connectivity index (χ1) is 7.78. The molecule has 0 aromatic carbocycles. The van der Waals surface area contributed by atoms with Gasteiger partial charge in [-0.2, -0.15) is 5.26 Å². The predicted octanol–water partition coefficient (Wildman–Crippen LogP) is 2.47. The topological polar surface area (TPSA) is 61.9 Å². The maximum Gasteiger partial charge on any atom is 0.142 e. The lowest BCUT2D eigenvalue weighted by Gasteiger charge is -2.02. The summed E-state index contributed by atoms with van der Waals surface area (Å²) in [6.45, 7) is 2.47. The monoisotopic (exact) mass is 213 g/mol. The van der Waals surface area contributed by atoms with Crippen LogP contribution in [0, 0.1) is 18.3 Å². The van der Waals surface area contributed by atoms with E-state index in [4.69, 9.17) is 9.68 Å². The van der Waals surface area contributed by atoms with Crippen molar-refractivity contribution in [2.75, 3.05) is 5.32 Å². The first-order valence-corrected chi connectivity index (χ1v) is 4.94. The highest BCUT2D eigenvalue weighted by molar-refractivity contribution is 5.38. The second kappa shape index (κ2) is 4.49. The summed E-state index contributed by atoms with van der Waals surface area (Å²) in [5, 5.41) is 11.8. The fraction of sp³-hybridized carbons (Fsp3) is 0.167. The van der Waals surface area contributed by atoms with E-state index in [2.05, 4.69) is 10.3 Å². The van der Waals surface area contributed by atoms with Gasteiger partial charge in [0.1, 0.15) is 29.1 Å². The van der Waals surface area contributed by atoms with Crippen molar-refractivity contribution in [2.45, 2.75) is 13.5 Å². The van der Waals surface area contributed by atoms with Crippen molar-refractivity contribution in [2.24, 2.45) is 0 Å². The third-order valence-corrected chi connectivity index (χ3v) is 2.10. The number of nitriles is 1. The van der Waals surface area contributed by atoms with Crippen LogP contribution in [-0.2, 0) is 6.54 Å². The molecule has 0 bridgehead atoms. The van der Waals surface area contributed by atoms with Gasteiger partial charge in [-0.3, -0.25) is 0 Å². The van der Waals surface area contributed by atoms with Gasteiger partial charge in [0.25, 0.3) is 0 Å². The van der Waals surface area contributed by atoms with Crippen LogP contribution < -0.4 is 5.32 Å². The molecular formula is C12H11N3O. The number of nitrogens with one attached hydrogen (secondary N) is 1. The van der Waals surface area contributed by atoms with Crippen LogP contribution in [0.25, 0.3) is 0 Å². The molecule has 0 radical (unpaired) electrons. The van der Waals surface area contributed by atoms with E-state index >= 15 is 0 Å². The van der Waals surface area contributed by atoms with Gasteiger partial charge in [0, 0.05) is 0 Å². The van der Waals surface area contributed by atoms with Crippen LogP contribution >= 0.6 is 0 Å². The van der Waals surface area contributed by atoms with Gasteiger partial charge in [0.2, 0.25) is 0 Å². The molecule has 0 spiro atoms. The van der Waals surface area contributed by atoms with E-state index < -0.39 is 0 Å². The van der Waals surface area contributed by atoms with Crippen LogP contribution in [0.4, 0.5) is 5.82 Å². The third kappa shape index (κ3) is 2.39. The van der Waals surface area contributed by atoms with Crippen LogP contribution in [-0.4, -0.2) is 4.98 Å². The van der Waals surface area contributed by atoms with Gasteiger partial charge in [-0.25, -0.2) is 4.98 Å². The Morgan fingerprint density at radius 1 is 1.38 bits per heavy atom. The normalized spacial score (nSPS) is 9.75. The molecule has 0 saturated carbocycles. The molecule has 0 aliphatic heterocycles. The number of rotatable bonds is 3. The number of nitrogens with zero attached hydrogens (tertiary/aromatic N) is 2. The van der Waals surface area contributed by atoms with E-state index in [0.29, 0.717) is 18.1 Å². The molecule has 0 atom stereocenters. The lowest BCUT2D eigenvalue weighted by Crippen LogP contribution is -2.00. The number of anilines is 1. The summed E-state index contributed by atoms with van der Waals surface area (Å²) in [6.07, 6.45) is 0. The van der Waals surface area contributed by atoms with Crippen LogP contribution in [0.2, 0.25) is 0 Å². The standard InChI is InChI=1S/C12H11N3O/c1-9-5-6-11(16-9)8-14-12-4-2-3-10(7-13)15-12/h2-6H,8H2,1H3,(H,14,15). The van der Waals surface area contributed by atoms with Gasteiger partial charge in [-0.1, -0.05) is 6.07 Å². The van der Waals surface area contributed by atoms with Crippen molar-refractivity contribution >= 4 is 5.82 Å². The van der Waals surface area contributed by atoms with Crippen LogP contribution in [0.5, 0.6) is 0 Å². The van der Waals surface area contributed by atoms with Crippen LogP contribution in [0.1, 0.15) is 17.2 Å². The highest BCUT2D eigenvalue weighted by Crippen LogP contribution is 2.09. The van der Waals surface area contributed by atoms with E-state index in [1.54, 1.807) is 12.1 Å². The zero-order valence-corrected chi connectivity index (χ0v) is 8.90. The first-order valence-electron chi connectivity index (χ1n) is 4.94. The van der Waals surface area contributed by atoms with Gasteiger partial charge < -0.3 is 9.73 Å². The molecule has 4 nitrogen and oxygen atoms in total. The Morgan fingerprint density at radius 3 is 2.94 bits per heavy atom. The average molecular weight is 213 g/mol. The van der Waals surface area contributed by atoms with E-state index in [9.17, 15) is 0 Å². The maximum absolute atomic E-state index is 8.69. The summed E-state index contributed by atoms with van der Waals surface area (Å²) in [5.74, 6) is 2.41. The summed E-state index contributed by atoms with van der Waals surface area (Å²) in [4.78, 5) is 4.10. The number of aromatic nitrogens is 1. The van der Waals surface area contributed by atoms with Crippen LogP contribution in [0.15, 0.2) is 34.7 Å². The van der Waals surface area contributed by atoms with E-state index in [0.717, 1.165) is 11.5 Å². The lowest BCUT2D eigenvalue weighted by atomic mass is 10.3. The molecule has 2 aromatic rings. The Morgan fingerprint density at radius 2 is 2.25 bits per heavy atom. The van der Waals surface area contributed by atoms with Crippen LogP contribution in [0.3, 0.4) is 0 Å². The third-order valence-electron chi connectivity index (χ3n) is 2.10. The molecule has 0 saturated heterocycles. The molecule has 0 amide bonds. The van der Waals surface area contributed by atoms with Crippen molar-refractivity contribution in [1.82, 2.24) is 4.98 Å². The second-order valence-corrected chi connectivity index (χ2v) is 3.39. The largest absolute Gasteiger partial charge is 0.465 e. The second-order valence-electron chi connectivity index (χ2n) is 3.39. The molecule has 2 aromatic heterocycles. The fourth-order valence-electron chi connectivity index (χ4n) is 1.35. The highest BCUT2D eigenvalue weighted by atomic mass is 16.3. The van der Waals surface area contributed by atoms with Crippen molar-refractivity contribution < 1.29 is 4.42 Å². The molecule has 0 fully saturated rings. The summed E-state index contributed by atoms with van der Waals surface area (Å²) in [6, 6.07) is 11.1. The Hall–Kier alpha value is -2.28. The molecule has 2 rings (SSSR count). The first kappa shape index (κ1) is 10.2. The zero-order valence-electron chi connectivity index (χ0n) is 8.90. The number of pyridine rings is 1. The van der Waals surface area contributed by atoms with Crippen molar-refractivity contribution in [3.63, 3.8) is 0 Å². The fourth-order valence-corrected chi connectivity index (χ4v) is 1.35. The summed E-state index contributed by atoms with van der Waals surface area (Å²) in [5.41, 5.74) is 0.403. The minimum Gasteiger partial charge on any atom is -0.465 e. The van der Waals surface area contributed by atoms with E-state index in [1.165, 1.54) is 0 Å². The molecule has 1 N–H and O–H groups in total. The summed E-state index contributed by atoms with van der Waals surface area (Å²) in [7, 11) is 0. The van der Waals surface area contributed by atoms with E-state index in [1.807, 2.05) is 31.2 Å². The SMILES string of the molecule is Cc1ccc(CNc2cccc(C#N)n2)o1. The Labute approximate surface area is 93.5 Å². The van der Waals surface area contributed by atoms with E-state index in [-0.39, 0.29) is 0 Å². The minimum absolute atomic E-state index is 0.403. The number of hydrogen-bond donors (Lipinski definition) is 1. The van der Waals surface area contributed by atoms with Gasteiger partial charge in [-0.05, 0) is 31.2 Å². The molecule has 80 valence electrons. The summed E-state index contributed by atoms with van der Waals surface area (Å²) < 4.78 is 5.41. The van der Waals surface area contributed by atoms with Crippen molar-refractivity contribution in [1.29, 1.82) is 5.26 Å². The molecule has 0 aliphatic rings. The van der Waals surface area contributed by atoms with Crippen molar-refractivity contribution in [3.05, 3.63) is 47.5 Å². The Bertz CT molecular complexity index is 525. The van der Waals surface area contributed by atoms with Gasteiger partial charge in [0.05, 0.1) is 6.54 Å². The molecule has 4 heteroatoms. The molecule has 16 heavy (non-hydrogen) atoms. The Kier molecular flexibility index (Phi) is 2.88. The molecule has 2 heterocycles. The zero-order chi connectivity index (χ0) is 11.4. The van der Waals surface area contributed by atoms with Crippen molar-refractivity contribution in [3.8, 4) is 6.07 Å². The Balaban J connectivity index is 2.02. The van der Waals surface area contributed by atoms with Gasteiger partial charge in [0.15, 0.2) is 0 Å². The maximum atomic E-state index is 8.69. The number of aryl methyl sites for hydroxylation is 1. The predicted molar refractivity (Wildman–Crippen MR) is 59.7 cm³/mol. The number of furan rings is 1. The van der Waals surface area contributed by atoms with Gasteiger partial charge >= 0.3 is 0 Å². The average Bonchev–Trinajstić information content (AvgIpc) is 2.73. The molecule has 0 unspecified atom stereocenters. The lowest BCUT2D eigenvalue weighted by molar-refractivity contribution is 0.490. The number of hydrogen-bond acceptors (Lipinski definition) is 4. The smallest absolute Gasteiger partial charge is 0.142 e. The quantitative estimate of drug-likeness (QED) is 0.850. The van der Waals surface area contributed by atoms with Gasteiger partial charge in [-0.15, -0.1) is 0 Å². The highest BCUT2D eigenvalue weighted by Gasteiger charge is 2.00.